The third kappa shape index (κ3) is 2.93. The molecule has 4 aliphatic carbocycles. The van der Waals surface area contributed by atoms with Gasteiger partial charge in [0, 0.05) is 24.2 Å². The monoisotopic (exact) mass is 447 g/mol. The molecule has 2 aliphatic heterocycles. The SMILES string of the molecule is CC1CCC2C(C)(O)C3CCC4C(CC5C4CC(O)C4CC(O)CCC45C)C3C[N+]2([O-])C1. The fourth-order valence-corrected chi connectivity index (χ4v) is 11.0. The van der Waals surface area contributed by atoms with Gasteiger partial charge < -0.3 is 25.2 Å². The highest BCUT2D eigenvalue weighted by atomic mass is 16.6. The van der Waals surface area contributed by atoms with Gasteiger partial charge in [0.2, 0.25) is 0 Å². The van der Waals surface area contributed by atoms with Gasteiger partial charge in [0.05, 0.1) is 25.3 Å². The van der Waals surface area contributed by atoms with Crippen LogP contribution in [0.1, 0.15) is 78.6 Å². The largest absolute Gasteiger partial charge is 0.633 e. The van der Waals surface area contributed by atoms with Gasteiger partial charge in [-0.15, -0.1) is 0 Å². The summed E-state index contributed by atoms with van der Waals surface area (Å²) in [5.41, 5.74) is -0.748. The van der Waals surface area contributed by atoms with E-state index in [4.69, 9.17) is 0 Å². The molecule has 6 rings (SSSR count). The van der Waals surface area contributed by atoms with Gasteiger partial charge in [0.1, 0.15) is 11.6 Å². The minimum Gasteiger partial charge on any atom is -0.633 e. The molecule has 0 radical (unpaired) electrons. The van der Waals surface area contributed by atoms with Crippen molar-refractivity contribution < 1.29 is 20.0 Å². The molecule has 0 aromatic rings. The van der Waals surface area contributed by atoms with E-state index in [0.717, 1.165) is 51.4 Å². The lowest BCUT2D eigenvalue weighted by atomic mass is 9.51. The maximum absolute atomic E-state index is 14.2. The van der Waals surface area contributed by atoms with Gasteiger partial charge in [0.15, 0.2) is 0 Å². The number of hydroxylamine groups is 3. The Labute approximate surface area is 193 Å². The third-order valence-electron chi connectivity index (χ3n) is 12.3. The van der Waals surface area contributed by atoms with Crippen molar-refractivity contribution in [2.75, 3.05) is 13.1 Å². The van der Waals surface area contributed by atoms with Crippen molar-refractivity contribution in [3.05, 3.63) is 5.21 Å². The van der Waals surface area contributed by atoms with Crippen molar-refractivity contribution >= 4 is 0 Å². The van der Waals surface area contributed by atoms with Crippen LogP contribution >= 0.6 is 0 Å². The fourth-order valence-electron chi connectivity index (χ4n) is 11.0. The number of nitrogens with zero attached hydrogens (tertiary/aromatic N) is 1. The Hall–Kier alpha value is -0.200. The first-order valence-corrected chi connectivity index (χ1v) is 13.7. The van der Waals surface area contributed by atoms with Gasteiger partial charge in [-0.05, 0) is 93.3 Å². The van der Waals surface area contributed by atoms with Crippen LogP contribution in [0.15, 0.2) is 0 Å². The molecule has 2 heterocycles. The standard InChI is InChI=1S/C27H45NO4/c1-15-4-7-25-27(3,31)21-6-5-17-18(20(21)14-28(25,32)13-15)11-22-19(17)12-24(30)23-10-16(29)8-9-26(22,23)2/h15-25,29-31H,4-14H2,1-3H3. The molecule has 0 spiro atoms. The summed E-state index contributed by atoms with van der Waals surface area (Å²) in [7, 11) is 0. The second-order valence-electron chi connectivity index (χ2n) is 13.8. The lowest BCUT2D eigenvalue weighted by molar-refractivity contribution is -0.933. The first kappa shape index (κ1) is 22.3. The normalized spacial score (nSPS) is 64.0. The molecule has 5 nitrogen and oxygen atoms in total. The quantitative estimate of drug-likeness (QED) is 0.391. The summed E-state index contributed by atoms with van der Waals surface area (Å²) in [5, 5.41) is 47.5. The number of quaternary nitrogens is 1. The number of aliphatic hydroxyl groups excluding tert-OH is 2. The summed E-state index contributed by atoms with van der Waals surface area (Å²) >= 11 is 0. The van der Waals surface area contributed by atoms with Crippen molar-refractivity contribution in [2.45, 2.75) is 102 Å². The fraction of sp³-hybridized carbons (Fsp3) is 1.00. The van der Waals surface area contributed by atoms with Crippen LogP contribution in [-0.4, -0.2) is 56.9 Å². The lowest BCUT2D eigenvalue weighted by Gasteiger charge is -2.66. The van der Waals surface area contributed by atoms with Gasteiger partial charge in [0.25, 0.3) is 0 Å². The average Bonchev–Trinajstić information content (AvgIpc) is 3.08. The Morgan fingerprint density at radius 3 is 2.34 bits per heavy atom. The van der Waals surface area contributed by atoms with Gasteiger partial charge in [-0.25, -0.2) is 0 Å². The van der Waals surface area contributed by atoms with E-state index in [-0.39, 0.29) is 40.1 Å². The molecule has 32 heavy (non-hydrogen) atoms. The molecule has 0 amide bonds. The molecule has 5 heteroatoms. The predicted molar refractivity (Wildman–Crippen MR) is 123 cm³/mol. The Morgan fingerprint density at radius 1 is 0.781 bits per heavy atom. The number of aliphatic hydroxyl groups is 3. The lowest BCUT2D eigenvalue weighted by Crippen LogP contribution is -2.73. The summed E-state index contributed by atoms with van der Waals surface area (Å²) in [5.74, 6) is 3.50. The molecule has 6 aliphatic rings. The van der Waals surface area contributed by atoms with Crippen LogP contribution < -0.4 is 0 Å². The molecule has 182 valence electrons. The Bertz CT molecular complexity index is 753. The molecule has 6 fully saturated rings. The molecule has 3 N–H and O–H groups in total. The van der Waals surface area contributed by atoms with E-state index in [0.29, 0.717) is 48.6 Å². The van der Waals surface area contributed by atoms with Crippen molar-refractivity contribution in [3.8, 4) is 0 Å². The number of hydrogen-bond donors (Lipinski definition) is 3. The molecule has 4 saturated carbocycles. The van der Waals surface area contributed by atoms with E-state index in [2.05, 4.69) is 13.8 Å². The minimum absolute atomic E-state index is 0.109. The van der Waals surface area contributed by atoms with E-state index in [1.54, 1.807) is 0 Å². The third-order valence-corrected chi connectivity index (χ3v) is 12.3. The molecule has 14 atom stereocenters. The minimum atomic E-state index is -0.857. The van der Waals surface area contributed by atoms with E-state index in [9.17, 15) is 20.5 Å². The zero-order valence-electron chi connectivity index (χ0n) is 20.3. The summed E-state index contributed by atoms with van der Waals surface area (Å²) in [6.07, 6.45) is 8.25. The van der Waals surface area contributed by atoms with Crippen molar-refractivity contribution in [1.82, 2.24) is 0 Å². The predicted octanol–water partition coefficient (Wildman–Crippen LogP) is 3.69. The zero-order valence-corrected chi connectivity index (χ0v) is 20.3. The van der Waals surface area contributed by atoms with Crippen molar-refractivity contribution in [2.24, 2.45) is 52.8 Å². The second-order valence-corrected chi connectivity index (χ2v) is 13.8. The average molecular weight is 448 g/mol. The summed E-state index contributed by atoms with van der Waals surface area (Å²) < 4.78 is -0.164. The van der Waals surface area contributed by atoms with Crippen LogP contribution in [0.4, 0.5) is 0 Å². The topological polar surface area (TPSA) is 83.8 Å². The Kier molecular flexibility index (Phi) is 4.99. The molecule has 0 aromatic heterocycles. The smallest absolute Gasteiger partial charge is 0.118 e. The number of hydrogen-bond acceptors (Lipinski definition) is 4. The highest BCUT2D eigenvalue weighted by molar-refractivity contribution is 5.13. The van der Waals surface area contributed by atoms with Crippen LogP contribution in [0.3, 0.4) is 0 Å². The Morgan fingerprint density at radius 2 is 1.56 bits per heavy atom. The molecule has 14 unspecified atom stereocenters. The van der Waals surface area contributed by atoms with E-state index in [1.807, 2.05) is 6.92 Å². The van der Waals surface area contributed by atoms with Gasteiger partial charge >= 0.3 is 0 Å². The second kappa shape index (κ2) is 7.16. The van der Waals surface area contributed by atoms with Crippen molar-refractivity contribution in [1.29, 1.82) is 0 Å². The van der Waals surface area contributed by atoms with Gasteiger partial charge in [-0.3, -0.25) is 0 Å². The summed E-state index contributed by atoms with van der Waals surface area (Å²) in [6, 6.07) is -0.149. The molecular weight excluding hydrogens is 402 g/mol. The van der Waals surface area contributed by atoms with Crippen LogP contribution in [0.2, 0.25) is 0 Å². The van der Waals surface area contributed by atoms with E-state index in [1.165, 1.54) is 6.42 Å². The van der Waals surface area contributed by atoms with Crippen LogP contribution in [0, 0.1) is 58.0 Å². The molecule has 0 bridgehead atoms. The van der Waals surface area contributed by atoms with E-state index >= 15 is 0 Å². The van der Waals surface area contributed by atoms with Gasteiger partial charge in [-0.2, -0.15) is 0 Å². The summed E-state index contributed by atoms with van der Waals surface area (Å²) in [6.45, 7) is 7.99. The zero-order chi connectivity index (χ0) is 22.6. The summed E-state index contributed by atoms with van der Waals surface area (Å²) in [4.78, 5) is 0. The maximum atomic E-state index is 14.2. The number of piperidine rings is 2. The number of rotatable bonds is 0. The highest BCUT2D eigenvalue weighted by Crippen LogP contribution is 2.67. The first-order valence-electron chi connectivity index (χ1n) is 13.7. The number of fused-ring (bicyclic) bond motifs is 8. The van der Waals surface area contributed by atoms with Crippen LogP contribution in [0.25, 0.3) is 0 Å². The van der Waals surface area contributed by atoms with Crippen molar-refractivity contribution in [3.63, 3.8) is 0 Å². The van der Waals surface area contributed by atoms with E-state index < -0.39 is 5.60 Å². The maximum Gasteiger partial charge on any atom is 0.118 e. The Balaban J connectivity index is 1.32. The molecule has 2 saturated heterocycles. The first-order chi connectivity index (χ1) is 15.0. The highest BCUT2D eigenvalue weighted by Gasteiger charge is 2.66. The van der Waals surface area contributed by atoms with Crippen LogP contribution in [0.5, 0.6) is 0 Å². The van der Waals surface area contributed by atoms with Gasteiger partial charge in [-0.1, -0.05) is 13.8 Å². The molecule has 0 aromatic carbocycles. The molecular formula is C27H45NO4. The van der Waals surface area contributed by atoms with Crippen LogP contribution in [-0.2, 0) is 0 Å².